The molecule has 1 aromatic heterocycles. The number of amides is 1. The van der Waals surface area contributed by atoms with Crippen molar-refractivity contribution in [2.24, 2.45) is 5.73 Å². The minimum atomic E-state index is -0.565. The first-order chi connectivity index (χ1) is 8.63. The van der Waals surface area contributed by atoms with Crippen LogP contribution in [0.1, 0.15) is 17.4 Å². The molecule has 0 bridgehead atoms. The topological polar surface area (TPSA) is 96.7 Å². The van der Waals surface area contributed by atoms with Crippen molar-refractivity contribution < 1.29 is 4.79 Å². The number of hydrogen-bond acceptors (Lipinski definition) is 5. The van der Waals surface area contributed by atoms with E-state index < -0.39 is 6.04 Å². The fourth-order valence-electron chi connectivity index (χ4n) is 1.80. The SMILES string of the molecule is Cc1nc(Sc2ccc3c(c2)NC(=O)C3N)n[nH]1. The molecule has 2 heterocycles. The van der Waals surface area contributed by atoms with Gasteiger partial charge in [-0.2, -0.15) is 0 Å². The summed E-state index contributed by atoms with van der Waals surface area (Å²) in [4.78, 5) is 16.6. The number of fused-ring (bicyclic) bond motifs is 1. The second-order valence-electron chi connectivity index (χ2n) is 4.02. The van der Waals surface area contributed by atoms with E-state index >= 15 is 0 Å². The number of carbonyl (C=O) groups is 1. The Morgan fingerprint density at radius 2 is 2.28 bits per heavy atom. The van der Waals surface area contributed by atoms with Crippen LogP contribution in [0.5, 0.6) is 0 Å². The van der Waals surface area contributed by atoms with E-state index in [1.807, 2.05) is 25.1 Å². The second kappa shape index (κ2) is 4.11. The minimum absolute atomic E-state index is 0.166. The lowest BCUT2D eigenvalue weighted by molar-refractivity contribution is -0.116. The summed E-state index contributed by atoms with van der Waals surface area (Å²) in [6, 6.07) is 5.09. The van der Waals surface area contributed by atoms with Gasteiger partial charge in [0.15, 0.2) is 0 Å². The normalized spacial score (nSPS) is 17.7. The Kier molecular flexibility index (Phi) is 2.57. The van der Waals surface area contributed by atoms with Crippen LogP contribution in [-0.2, 0) is 4.79 Å². The van der Waals surface area contributed by atoms with Crippen LogP contribution in [-0.4, -0.2) is 21.1 Å². The average molecular weight is 261 g/mol. The molecule has 0 saturated heterocycles. The molecule has 1 atom stereocenters. The van der Waals surface area contributed by atoms with E-state index in [-0.39, 0.29) is 5.91 Å². The summed E-state index contributed by atoms with van der Waals surface area (Å²) >= 11 is 1.43. The number of nitrogens with zero attached hydrogens (tertiary/aromatic N) is 2. The Balaban J connectivity index is 1.88. The maximum absolute atomic E-state index is 11.4. The molecule has 7 heteroatoms. The lowest BCUT2D eigenvalue weighted by Gasteiger charge is -2.03. The first kappa shape index (κ1) is 11.2. The number of H-pyrrole nitrogens is 1. The second-order valence-corrected chi connectivity index (χ2v) is 5.06. The predicted molar refractivity (Wildman–Crippen MR) is 67.2 cm³/mol. The molecule has 2 aromatic rings. The molecule has 1 aromatic carbocycles. The van der Waals surface area contributed by atoms with Gasteiger partial charge in [0.05, 0.1) is 0 Å². The van der Waals surface area contributed by atoms with Crippen LogP contribution < -0.4 is 11.1 Å². The van der Waals surface area contributed by atoms with Crippen molar-refractivity contribution in [1.29, 1.82) is 0 Å². The van der Waals surface area contributed by atoms with Crippen LogP contribution in [0.15, 0.2) is 28.3 Å². The predicted octanol–water partition coefficient (Wildman–Crippen LogP) is 1.22. The molecular weight excluding hydrogens is 250 g/mol. The highest BCUT2D eigenvalue weighted by Gasteiger charge is 2.27. The average Bonchev–Trinajstić information content (AvgIpc) is 2.85. The van der Waals surface area contributed by atoms with Crippen LogP contribution in [0, 0.1) is 6.92 Å². The number of aromatic amines is 1. The third-order valence-electron chi connectivity index (χ3n) is 2.69. The van der Waals surface area contributed by atoms with Gasteiger partial charge in [-0.25, -0.2) is 4.98 Å². The number of nitrogens with one attached hydrogen (secondary N) is 2. The Labute approximate surface area is 107 Å². The van der Waals surface area contributed by atoms with Crippen molar-refractivity contribution in [1.82, 2.24) is 15.2 Å². The standard InChI is InChI=1S/C11H11N5OS/c1-5-13-11(16-15-5)18-6-2-3-7-8(4-6)14-10(17)9(7)12/h2-4,9H,12H2,1H3,(H,14,17)(H,13,15,16). The first-order valence-electron chi connectivity index (χ1n) is 5.41. The number of benzene rings is 1. The van der Waals surface area contributed by atoms with E-state index in [2.05, 4.69) is 20.5 Å². The highest BCUT2D eigenvalue weighted by molar-refractivity contribution is 7.99. The molecular formula is C11H11N5OS. The summed E-state index contributed by atoms with van der Waals surface area (Å²) in [5, 5.41) is 10.2. The van der Waals surface area contributed by atoms with Gasteiger partial charge in [0.2, 0.25) is 11.1 Å². The quantitative estimate of drug-likeness (QED) is 0.755. The van der Waals surface area contributed by atoms with Crippen LogP contribution >= 0.6 is 11.8 Å². The molecule has 1 unspecified atom stereocenters. The van der Waals surface area contributed by atoms with E-state index in [1.54, 1.807) is 0 Å². The van der Waals surface area contributed by atoms with Crippen molar-refractivity contribution in [3.63, 3.8) is 0 Å². The first-order valence-corrected chi connectivity index (χ1v) is 6.22. The molecule has 18 heavy (non-hydrogen) atoms. The Morgan fingerprint density at radius 1 is 1.44 bits per heavy atom. The Bertz CT molecular complexity index is 624. The smallest absolute Gasteiger partial charge is 0.245 e. The molecule has 0 fully saturated rings. The van der Waals surface area contributed by atoms with E-state index in [4.69, 9.17) is 5.73 Å². The van der Waals surface area contributed by atoms with Crippen molar-refractivity contribution in [2.75, 3.05) is 5.32 Å². The number of nitrogens with two attached hydrogens (primary N) is 1. The van der Waals surface area contributed by atoms with Crippen LogP contribution in [0.3, 0.4) is 0 Å². The third-order valence-corrected chi connectivity index (χ3v) is 3.54. The molecule has 0 aliphatic carbocycles. The van der Waals surface area contributed by atoms with Gasteiger partial charge in [0.25, 0.3) is 0 Å². The summed E-state index contributed by atoms with van der Waals surface area (Å²) in [5.41, 5.74) is 7.34. The van der Waals surface area contributed by atoms with Crippen LogP contribution in [0.25, 0.3) is 0 Å². The lowest BCUT2D eigenvalue weighted by Crippen LogP contribution is -2.19. The molecule has 92 valence electrons. The molecule has 1 amide bonds. The van der Waals surface area contributed by atoms with Gasteiger partial charge in [-0.05, 0) is 30.8 Å². The van der Waals surface area contributed by atoms with Gasteiger partial charge < -0.3 is 11.1 Å². The van der Waals surface area contributed by atoms with Crippen LogP contribution in [0.4, 0.5) is 5.69 Å². The Hall–Kier alpha value is -1.86. The van der Waals surface area contributed by atoms with Gasteiger partial charge in [0.1, 0.15) is 11.9 Å². The lowest BCUT2D eigenvalue weighted by atomic mass is 10.1. The highest BCUT2D eigenvalue weighted by atomic mass is 32.2. The highest BCUT2D eigenvalue weighted by Crippen LogP contribution is 2.34. The van der Waals surface area contributed by atoms with Crippen molar-refractivity contribution in [2.45, 2.75) is 23.0 Å². The van der Waals surface area contributed by atoms with E-state index in [0.29, 0.717) is 5.16 Å². The maximum atomic E-state index is 11.4. The number of hydrogen-bond donors (Lipinski definition) is 3. The zero-order valence-electron chi connectivity index (χ0n) is 9.60. The molecule has 0 saturated carbocycles. The summed E-state index contributed by atoms with van der Waals surface area (Å²) in [7, 11) is 0. The van der Waals surface area contributed by atoms with Crippen molar-refractivity contribution in [3.8, 4) is 0 Å². The summed E-state index contributed by atoms with van der Waals surface area (Å²) in [5.74, 6) is 0.606. The monoisotopic (exact) mass is 261 g/mol. The maximum Gasteiger partial charge on any atom is 0.245 e. The van der Waals surface area contributed by atoms with Crippen molar-refractivity contribution in [3.05, 3.63) is 29.6 Å². The third kappa shape index (κ3) is 1.87. The molecule has 1 aliphatic rings. The summed E-state index contributed by atoms with van der Waals surface area (Å²) in [6.07, 6.45) is 0. The zero-order chi connectivity index (χ0) is 12.7. The van der Waals surface area contributed by atoms with E-state index in [1.165, 1.54) is 11.8 Å². The zero-order valence-corrected chi connectivity index (χ0v) is 10.4. The molecule has 1 aliphatic heterocycles. The van der Waals surface area contributed by atoms with Gasteiger partial charge in [-0.3, -0.25) is 9.89 Å². The largest absolute Gasteiger partial charge is 0.324 e. The fourth-order valence-corrected chi connectivity index (χ4v) is 2.60. The molecule has 0 radical (unpaired) electrons. The number of anilines is 1. The number of rotatable bonds is 2. The van der Waals surface area contributed by atoms with Gasteiger partial charge in [-0.15, -0.1) is 5.10 Å². The molecule has 0 spiro atoms. The fraction of sp³-hybridized carbons (Fsp3) is 0.182. The Morgan fingerprint density at radius 3 is 3.00 bits per heavy atom. The van der Waals surface area contributed by atoms with Crippen molar-refractivity contribution >= 4 is 23.4 Å². The molecule has 3 rings (SSSR count). The number of carbonyl (C=O) groups excluding carboxylic acids is 1. The molecule has 6 nitrogen and oxygen atoms in total. The van der Waals surface area contributed by atoms with Crippen LogP contribution in [0.2, 0.25) is 0 Å². The summed E-state index contributed by atoms with van der Waals surface area (Å²) in [6.45, 7) is 1.85. The van der Waals surface area contributed by atoms with Gasteiger partial charge in [0, 0.05) is 16.1 Å². The minimum Gasteiger partial charge on any atom is -0.324 e. The summed E-state index contributed by atoms with van der Waals surface area (Å²) < 4.78 is 0. The number of aryl methyl sites for hydroxylation is 1. The van der Waals surface area contributed by atoms with E-state index in [0.717, 1.165) is 22.0 Å². The number of aromatic nitrogens is 3. The van der Waals surface area contributed by atoms with E-state index in [9.17, 15) is 4.79 Å². The van der Waals surface area contributed by atoms with Gasteiger partial charge in [-0.1, -0.05) is 6.07 Å². The molecule has 4 N–H and O–H groups in total. The van der Waals surface area contributed by atoms with Gasteiger partial charge >= 0.3 is 0 Å².